The number of thiol groups is 1. The largest absolute Gasteiger partial charge is 0.457 e. The van der Waals surface area contributed by atoms with Crippen molar-refractivity contribution in [1.82, 2.24) is 0 Å². The van der Waals surface area contributed by atoms with Gasteiger partial charge in [-0.3, -0.25) is 4.79 Å². The second-order valence-corrected chi connectivity index (χ2v) is 8.48. The summed E-state index contributed by atoms with van der Waals surface area (Å²) in [6.07, 6.45) is 1.86. The number of nitrogens with one attached hydrogen (secondary N) is 1. The van der Waals surface area contributed by atoms with Gasteiger partial charge in [0, 0.05) is 17.7 Å². The average Bonchev–Trinajstić information content (AvgIpc) is 3.15. The maximum Gasteiger partial charge on any atom is 0.338 e. The van der Waals surface area contributed by atoms with E-state index in [0.717, 1.165) is 18.4 Å². The van der Waals surface area contributed by atoms with Crippen molar-refractivity contribution in [2.24, 2.45) is 0 Å². The lowest BCUT2D eigenvalue weighted by Gasteiger charge is -2.27. The molecule has 1 atom stereocenters. The number of amides is 1. The van der Waals surface area contributed by atoms with Gasteiger partial charge in [0.15, 0.2) is 16.4 Å². The molecule has 0 spiro atoms. The van der Waals surface area contributed by atoms with Crippen molar-refractivity contribution in [3.8, 4) is 11.5 Å². The number of hydrogen-bond donors (Lipinski definition) is 3. The zero-order valence-corrected chi connectivity index (χ0v) is 16.3. The SMILES string of the molecule is O=C1OCc2cc(NC(=O)C(O)(S)CC3(c4ccc5c(c4)OCO5)CC3)ccc21. The summed E-state index contributed by atoms with van der Waals surface area (Å²) in [5.41, 5.74) is 2.34. The third-order valence-corrected chi connectivity index (χ3v) is 6.09. The Hall–Kier alpha value is -2.71. The molecule has 8 heteroatoms. The zero-order valence-electron chi connectivity index (χ0n) is 15.4. The molecule has 1 fully saturated rings. The number of cyclic esters (lactones) is 1. The maximum atomic E-state index is 12.7. The van der Waals surface area contributed by atoms with E-state index in [9.17, 15) is 14.7 Å². The van der Waals surface area contributed by atoms with Gasteiger partial charge < -0.3 is 24.6 Å². The van der Waals surface area contributed by atoms with Gasteiger partial charge in [-0.2, -0.15) is 0 Å². The predicted molar refractivity (Wildman–Crippen MR) is 106 cm³/mol. The Bertz CT molecular complexity index is 1030. The fourth-order valence-electron chi connectivity index (χ4n) is 3.94. The minimum Gasteiger partial charge on any atom is -0.457 e. The van der Waals surface area contributed by atoms with Gasteiger partial charge in [-0.1, -0.05) is 6.07 Å². The number of carbonyl (C=O) groups is 2. The van der Waals surface area contributed by atoms with Gasteiger partial charge in [0.05, 0.1) is 5.56 Å². The van der Waals surface area contributed by atoms with E-state index in [-0.39, 0.29) is 31.2 Å². The van der Waals surface area contributed by atoms with E-state index < -0.39 is 10.8 Å². The van der Waals surface area contributed by atoms with Crippen LogP contribution in [0.4, 0.5) is 5.69 Å². The molecule has 3 aliphatic rings. The number of hydrogen-bond acceptors (Lipinski definition) is 7. The van der Waals surface area contributed by atoms with Crippen molar-refractivity contribution in [2.75, 3.05) is 12.1 Å². The molecule has 2 aromatic carbocycles. The van der Waals surface area contributed by atoms with Gasteiger partial charge in [-0.25, -0.2) is 4.79 Å². The van der Waals surface area contributed by atoms with Gasteiger partial charge in [0.25, 0.3) is 5.91 Å². The van der Waals surface area contributed by atoms with E-state index in [2.05, 4.69) is 17.9 Å². The van der Waals surface area contributed by atoms with E-state index in [1.54, 1.807) is 18.2 Å². The Morgan fingerprint density at radius 1 is 1.14 bits per heavy atom. The van der Waals surface area contributed by atoms with E-state index in [0.29, 0.717) is 28.3 Å². The second kappa shape index (κ2) is 6.40. The molecule has 1 amide bonds. The van der Waals surface area contributed by atoms with Crippen LogP contribution in [-0.4, -0.2) is 28.7 Å². The first-order chi connectivity index (χ1) is 13.9. The molecule has 5 rings (SSSR count). The van der Waals surface area contributed by atoms with Crippen LogP contribution in [0.5, 0.6) is 11.5 Å². The molecule has 2 aromatic rings. The quantitative estimate of drug-likeness (QED) is 0.397. The standard InChI is InChI=1S/C21H19NO6S/c23-18-15-3-2-14(7-12(15)9-26-18)22-19(24)21(25,29)10-20(5-6-20)13-1-4-16-17(8-13)28-11-27-16/h1-4,7-8,25,29H,5-6,9-11H2,(H,22,24). The summed E-state index contributed by atoms with van der Waals surface area (Å²) in [6, 6.07) is 10.6. The molecule has 7 nitrogen and oxygen atoms in total. The van der Waals surface area contributed by atoms with Crippen molar-refractivity contribution in [3.05, 3.63) is 53.1 Å². The van der Waals surface area contributed by atoms with Crippen LogP contribution in [0.3, 0.4) is 0 Å². The first kappa shape index (κ1) is 18.3. The Morgan fingerprint density at radius 2 is 1.93 bits per heavy atom. The van der Waals surface area contributed by atoms with Gasteiger partial charge in [0.2, 0.25) is 6.79 Å². The Labute approximate surface area is 172 Å². The number of aliphatic hydroxyl groups is 1. The van der Waals surface area contributed by atoms with Gasteiger partial charge in [0.1, 0.15) is 6.61 Å². The molecule has 29 heavy (non-hydrogen) atoms. The van der Waals surface area contributed by atoms with Crippen molar-refractivity contribution in [3.63, 3.8) is 0 Å². The molecule has 0 bridgehead atoms. The smallest absolute Gasteiger partial charge is 0.338 e. The zero-order chi connectivity index (χ0) is 20.2. The normalized spacial score (nSPS) is 19.9. The molecule has 1 saturated carbocycles. The lowest BCUT2D eigenvalue weighted by atomic mass is 9.89. The molecular formula is C21H19NO6S. The number of fused-ring (bicyclic) bond motifs is 2. The van der Waals surface area contributed by atoms with Crippen LogP contribution in [0.2, 0.25) is 0 Å². The summed E-state index contributed by atoms with van der Waals surface area (Å²) in [6.45, 7) is 0.373. The van der Waals surface area contributed by atoms with Crippen LogP contribution in [0.15, 0.2) is 36.4 Å². The molecule has 1 unspecified atom stereocenters. The molecule has 0 saturated heterocycles. The lowest BCUT2D eigenvalue weighted by molar-refractivity contribution is -0.127. The minimum atomic E-state index is -1.86. The second-order valence-electron chi connectivity index (χ2n) is 7.74. The molecular weight excluding hydrogens is 394 g/mol. The van der Waals surface area contributed by atoms with Crippen LogP contribution in [-0.2, 0) is 21.6 Å². The first-order valence-corrected chi connectivity index (χ1v) is 9.77. The Kier molecular flexibility index (Phi) is 4.04. The Morgan fingerprint density at radius 3 is 2.72 bits per heavy atom. The van der Waals surface area contributed by atoms with E-state index >= 15 is 0 Å². The van der Waals surface area contributed by atoms with Gasteiger partial charge in [-0.15, -0.1) is 12.6 Å². The third-order valence-electron chi connectivity index (χ3n) is 5.73. The third kappa shape index (κ3) is 3.22. The number of esters is 1. The highest BCUT2D eigenvalue weighted by Crippen LogP contribution is 2.55. The summed E-state index contributed by atoms with van der Waals surface area (Å²) in [5, 5.41) is 13.5. The van der Waals surface area contributed by atoms with Crippen LogP contribution in [0.25, 0.3) is 0 Å². The van der Waals surface area contributed by atoms with Crippen LogP contribution >= 0.6 is 12.6 Å². The molecule has 0 radical (unpaired) electrons. The molecule has 0 aromatic heterocycles. The van der Waals surface area contributed by atoms with E-state index in [1.165, 1.54) is 0 Å². The maximum absolute atomic E-state index is 12.7. The van der Waals surface area contributed by atoms with Crippen LogP contribution < -0.4 is 14.8 Å². The fraction of sp³-hybridized carbons (Fsp3) is 0.333. The molecule has 2 N–H and O–H groups in total. The monoisotopic (exact) mass is 413 g/mol. The van der Waals surface area contributed by atoms with Crippen LogP contribution in [0, 0.1) is 0 Å². The van der Waals surface area contributed by atoms with Crippen LogP contribution in [0.1, 0.15) is 40.7 Å². The number of benzene rings is 2. The number of anilines is 1. The van der Waals surface area contributed by atoms with Crippen molar-refractivity contribution in [2.45, 2.75) is 36.2 Å². The lowest BCUT2D eigenvalue weighted by Crippen LogP contribution is -2.40. The number of carbonyl (C=O) groups excluding carboxylic acids is 2. The number of ether oxygens (including phenoxy) is 3. The van der Waals surface area contributed by atoms with Gasteiger partial charge >= 0.3 is 5.97 Å². The van der Waals surface area contributed by atoms with E-state index in [1.807, 2.05) is 18.2 Å². The van der Waals surface area contributed by atoms with Gasteiger partial charge in [-0.05, 0) is 54.2 Å². The van der Waals surface area contributed by atoms with Crippen molar-refractivity contribution < 1.29 is 28.9 Å². The summed E-state index contributed by atoms with van der Waals surface area (Å²) >= 11 is 4.28. The minimum absolute atomic E-state index is 0.168. The topological polar surface area (TPSA) is 94.1 Å². The molecule has 2 aliphatic heterocycles. The highest BCUT2D eigenvalue weighted by Gasteiger charge is 2.51. The van der Waals surface area contributed by atoms with Crippen molar-refractivity contribution in [1.29, 1.82) is 0 Å². The average molecular weight is 413 g/mol. The van der Waals surface area contributed by atoms with E-state index in [4.69, 9.17) is 14.2 Å². The van der Waals surface area contributed by atoms with Crippen molar-refractivity contribution >= 4 is 30.2 Å². The highest BCUT2D eigenvalue weighted by molar-refractivity contribution is 7.82. The fourth-order valence-corrected chi connectivity index (χ4v) is 4.30. The molecule has 1 aliphatic carbocycles. The summed E-state index contributed by atoms with van der Waals surface area (Å²) < 4.78 is 15.8. The summed E-state index contributed by atoms with van der Waals surface area (Å²) in [5.74, 6) is 0.388. The molecule has 2 heterocycles. The number of rotatable bonds is 5. The highest BCUT2D eigenvalue weighted by atomic mass is 32.1. The predicted octanol–water partition coefficient (Wildman–Crippen LogP) is 2.76. The first-order valence-electron chi connectivity index (χ1n) is 9.33. The molecule has 150 valence electrons. The summed E-state index contributed by atoms with van der Waals surface area (Å²) in [7, 11) is 0. The Balaban J connectivity index is 1.32. The summed E-state index contributed by atoms with van der Waals surface area (Å²) in [4.78, 5) is 22.4.